The molecule has 0 unspecified atom stereocenters. The van der Waals surface area contributed by atoms with Gasteiger partial charge < -0.3 is 10.6 Å². The minimum absolute atomic E-state index is 0.188. The number of benzene rings is 1. The quantitative estimate of drug-likeness (QED) is 0.721. The van der Waals surface area contributed by atoms with Gasteiger partial charge in [-0.1, -0.05) is 23.7 Å². The van der Waals surface area contributed by atoms with Gasteiger partial charge in [0.25, 0.3) is 11.8 Å². The van der Waals surface area contributed by atoms with E-state index in [1.807, 2.05) is 19.9 Å². The van der Waals surface area contributed by atoms with E-state index in [0.29, 0.717) is 16.2 Å². The van der Waals surface area contributed by atoms with Gasteiger partial charge in [-0.15, -0.1) is 0 Å². The Kier molecular flexibility index (Phi) is 4.36. The van der Waals surface area contributed by atoms with Crippen LogP contribution in [0, 0.1) is 13.8 Å². The molecule has 4 rings (SSSR count). The predicted octanol–water partition coefficient (Wildman–Crippen LogP) is 3.75. The Bertz CT molecular complexity index is 1050. The fraction of sp³-hybridized carbons (Fsp3) is 0.250. The van der Waals surface area contributed by atoms with Gasteiger partial charge in [0.1, 0.15) is 0 Å². The second-order valence-electron chi connectivity index (χ2n) is 6.88. The Labute approximate surface area is 161 Å². The number of aromatic nitrogens is 2. The number of anilines is 1. The summed E-state index contributed by atoms with van der Waals surface area (Å²) in [5.41, 5.74) is 3.18. The summed E-state index contributed by atoms with van der Waals surface area (Å²) in [5.74, 6) is -0.477. The summed E-state index contributed by atoms with van der Waals surface area (Å²) in [7, 11) is 0. The van der Waals surface area contributed by atoms with Crippen LogP contribution in [-0.2, 0) is 0 Å². The molecule has 0 radical (unpaired) electrons. The predicted molar refractivity (Wildman–Crippen MR) is 105 cm³/mol. The van der Waals surface area contributed by atoms with Crippen molar-refractivity contribution in [1.29, 1.82) is 0 Å². The molecule has 0 spiro atoms. The Morgan fingerprint density at radius 3 is 2.67 bits per heavy atom. The van der Waals surface area contributed by atoms with E-state index in [2.05, 4.69) is 15.6 Å². The molecule has 1 aliphatic carbocycles. The zero-order valence-electron chi connectivity index (χ0n) is 15.0. The van der Waals surface area contributed by atoms with E-state index in [1.165, 1.54) is 0 Å². The number of imidazole rings is 1. The van der Waals surface area contributed by atoms with E-state index in [9.17, 15) is 9.59 Å². The van der Waals surface area contributed by atoms with Crippen molar-refractivity contribution < 1.29 is 9.59 Å². The molecular formula is C20H19ClN4O2. The van der Waals surface area contributed by atoms with Crippen molar-refractivity contribution in [3.63, 3.8) is 0 Å². The molecule has 0 atom stereocenters. The molecule has 27 heavy (non-hydrogen) atoms. The van der Waals surface area contributed by atoms with Gasteiger partial charge in [-0.3, -0.25) is 14.0 Å². The number of rotatable bonds is 4. The lowest BCUT2D eigenvalue weighted by molar-refractivity contribution is 0.0940. The van der Waals surface area contributed by atoms with Crippen LogP contribution in [0.15, 0.2) is 36.5 Å². The van der Waals surface area contributed by atoms with Gasteiger partial charge in [0.15, 0.2) is 5.69 Å². The standard InChI is InChI=1S/C20H19ClN4O2/c1-11-9-12(2)16(14(21)10-11)24-19(26)17-15-5-3-4-8-25(15)18(23-17)20(27)22-13-6-7-13/h3-5,8-10,13H,6-7H2,1-2H3,(H,22,27)(H,24,26). The monoisotopic (exact) mass is 382 g/mol. The molecule has 0 saturated heterocycles. The number of nitrogens with zero attached hydrogens (tertiary/aromatic N) is 2. The normalized spacial score (nSPS) is 13.6. The number of halogens is 1. The van der Waals surface area contributed by atoms with Crippen LogP contribution in [0.4, 0.5) is 5.69 Å². The van der Waals surface area contributed by atoms with Crippen LogP contribution in [0.25, 0.3) is 5.52 Å². The average molecular weight is 383 g/mol. The molecule has 0 aliphatic heterocycles. The van der Waals surface area contributed by atoms with E-state index in [0.717, 1.165) is 24.0 Å². The van der Waals surface area contributed by atoms with Crippen LogP contribution in [0.1, 0.15) is 45.1 Å². The van der Waals surface area contributed by atoms with Crippen LogP contribution < -0.4 is 10.6 Å². The lowest BCUT2D eigenvalue weighted by Gasteiger charge is -2.10. The SMILES string of the molecule is Cc1cc(C)c(NC(=O)c2nc(C(=O)NC3CC3)n3ccccc23)c(Cl)c1. The average Bonchev–Trinajstić information content (AvgIpc) is 3.34. The maximum absolute atomic E-state index is 12.9. The van der Waals surface area contributed by atoms with Crippen molar-refractivity contribution in [3.8, 4) is 0 Å². The third kappa shape index (κ3) is 3.40. The fourth-order valence-electron chi connectivity index (χ4n) is 3.09. The molecule has 1 aromatic carbocycles. The summed E-state index contributed by atoms with van der Waals surface area (Å²) in [6.45, 7) is 3.83. The van der Waals surface area contributed by atoms with Crippen molar-refractivity contribution in [2.45, 2.75) is 32.7 Å². The summed E-state index contributed by atoms with van der Waals surface area (Å²) in [6, 6.07) is 9.32. The molecule has 2 aromatic heterocycles. The van der Waals surface area contributed by atoms with Gasteiger partial charge in [0.05, 0.1) is 16.2 Å². The van der Waals surface area contributed by atoms with Crippen molar-refractivity contribution in [2.24, 2.45) is 0 Å². The molecule has 3 aromatic rings. The number of amides is 2. The summed E-state index contributed by atoms with van der Waals surface area (Å²) >= 11 is 6.30. The highest BCUT2D eigenvalue weighted by molar-refractivity contribution is 6.34. The number of hydrogen-bond donors (Lipinski definition) is 2. The number of pyridine rings is 1. The maximum atomic E-state index is 12.9. The lowest BCUT2D eigenvalue weighted by Crippen LogP contribution is -2.27. The van der Waals surface area contributed by atoms with Crippen molar-refractivity contribution >= 4 is 34.6 Å². The Morgan fingerprint density at radius 1 is 1.19 bits per heavy atom. The first-order valence-corrected chi connectivity index (χ1v) is 9.18. The molecular weight excluding hydrogens is 364 g/mol. The topological polar surface area (TPSA) is 75.5 Å². The minimum Gasteiger partial charge on any atom is -0.347 e. The van der Waals surface area contributed by atoms with Gasteiger partial charge in [-0.25, -0.2) is 4.98 Å². The first kappa shape index (κ1) is 17.5. The zero-order valence-corrected chi connectivity index (χ0v) is 15.8. The summed E-state index contributed by atoms with van der Waals surface area (Å²) in [4.78, 5) is 29.8. The molecule has 1 fully saturated rings. The van der Waals surface area contributed by atoms with Gasteiger partial charge in [-0.2, -0.15) is 0 Å². The molecule has 2 N–H and O–H groups in total. The van der Waals surface area contributed by atoms with E-state index >= 15 is 0 Å². The first-order valence-electron chi connectivity index (χ1n) is 8.80. The van der Waals surface area contributed by atoms with Crippen molar-refractivity contribution in [1.82, 2.24) is 14.7 Å². The summed E-state index contributed by atoms with van der Waals surface area (Å²) in [5, 5.41) is 6.22. The number of nitrogens with one attached hydrogen (secondary N) is 2. The van der Waals surface area contributed by atoms with Gasteiger partial charge in [0, 0.05) is 12.2 Å². The Balaban J connectivity index is 1.71. The third-order valence-electron chi connectivity index (χ3n) is 4.55. The van der Waals surface area contributed by atoms with E-state index in [-0.39, 0.29) is 23.5 Å². The number of carbonyl (C=O) groups excluding carboxylic acids is 2. The van der Waals surface area contributed by atoms with E-state index in [4.69, 9.17) is 11.6 Å². The first-order chi connectivity index (χ1) is 12.9. The van der Waals surface area contributed by atoms with Crippen molar-refractivity contribution in [2.75, 3.05) is 5.32 Å². The van der Waals surface area contributed by atoms with Crippen LogP contribution in [0.3, 0.4) is 0 Å². The van der Waals surface area contributed by atoms with Gasteiger partial charge >= 0.3 is 0 Å². The molecule has 7 heteroatoms. The highest BCUT2D eigenvalue weighted by atomic mass is 35.5. The lowest BCUT2D eigenvalue weighted by atomic mass is 10.1. The van der Waals surface area contributed by atoms with Gasteiger partial charge in [0.2, 0.25) is 5.82 Å². The highest BCUT2D eigenvalue weighted by Crippen LogP contribution is 2.28. The summed E-state index contributed by atoms with van der Waals surface area (Å²) < 4.78 is 1.64. The van der Waals surface area contributed by atoms with E-state index < -0.39 is 5.91 Å². The smallest absolute Gasteiger partial charge is 0.287 e. The number of aryl methyl sites for hydroxylation is 2. The molecule has 6 nitrogen and oxygen atoms in total. The van der Waals surface area contributed by atoms with Gasteiger partial charge in [-0.05, 0) is 56.0 Å². The van der Waals surface area contributed by atoms with Crippen LogP contribution in [-0.4, -0.2) is 27.2 Å². The molecule has 1 saturated carbocycles. The zero-order chi connectivity index (χ0) is 19.1. The summed E-state index contributed by atoms with van der Waals surface area (Å²) in [6.07, 6.45) is 3.69. The second-order valence-corrected chi connectivity index (χ2v) is 7.29. The van der Waals surface area contributed by atoms with Crippen molar-refractivity contribution in [3.05, 3.63) is 64.2 Å². The fourth-order valence-corrected chi connectivity index (χ4v) is 3.46. The molecule has 138 valence electrons. The van der Waals surface area contributed by atoms with Crippen LogP contribution in [0.5, 0.6) is 0 Å². The maximum Gasteiger partial charge on any atom is 0.287 e. The van der Waals surface area contributed by atoms with Crippen LogP contribution >= 0.6 is 11.6 Å². The highest BCUT2D eigenvalue weighted by Gasteiger charge is 2.27. The number of hydrogen-bond acceptors (Lipinski definition) is 3. The Morgan fingerprint density at radius 2 is 1.96 bits per heavy atom. The Hall–Kier alpha value is -2.86. The van der Waals surface area contributed by atoms with E-state index in [1.54, 1.807) is 34.9 Å². The largest absolute Gasteiger partial charge is 0.347 e. The van der Waals surface area contributed by atoms with Crippen LogP contribution in [0.2, 0.25) is 5.02 Å². The molecule has 0 bridgehead atoms. The molecule has 2 amide bonds. The minimum atomic E-state index is -0.405. The third-order valence-corrected chi connectivity index (χ3v) is 4.85. The molecule has 1 aliphatic rings. The second kappa shape index (κ2) is 6.70. The number of fused-ring (bicyclic) bond motifs is 1. The number of carbonyl (C=O) groups is 2. The molecule has 2 heterocycles.